The van der Waals surface area contributed by atoms with Crippen LogP contribution in [-0.4, -0.2) is 16.4 Å². The number of benzene rings is 1. The van der Waals surface area contributed by atoms with Gasteiger partial charge in [-0.1, -0.05) is 0 Å². The van der Waals surface area contributed by atoms with E-state index >= 15 is 0 Å². The van der Waals surface area contributed by atoms with Crippen molar-refractivity contribution in [2.24, 2.45) is 10.3 Å². The Labute approximate surface area is 77.8 Å². The molecular weight excluding hydrogens is 190 g/mol. The maximum Gasteiger partial charge on any atom is 0.207 e. The van der Waals surface area contributed by atoms with E-state index in [0.717, 1.165) is 6.07 Å². The predicted octanol–water partition coefficient (Wildman–Crippen LogP) is 1.48. The van der Waals surface area contributed by atoms with E-state index in [-0.39, 0.29) is 17.0 Å². The molecule has 14 heavy (non-hydrogen) atoms. The van der Waals surface area contributed by atoms with Crippen LogP contribution in [0.5, 0.6) is 5.75 Å². The first-order valence-corrected chi connectivity index (χ1v) is 3.47. The Balaban J connectivity index is 2.97. The Morgan fingerprint density at radius 2 is 2.21 bits per heavy atom. The first-order valence-electron chi connectivity index (χ1n) is 3.47. The Morgan fingerprint density at radius 3 is 2.71 bits per heavy atom. The van der Waals surface area contributed by atoms with Crippen LogP contribution in [-0.2, 0) is 0 Å². The molecule has 0 spiro atoms. The van der Waals surface area contributed by atoms with E-state index < -0.39 is 5.03 Å². The average molecular weight is 195 g/mol. The van der Waals surface area contributed by atoms with E-state index in [9.17, 15) is 14.9 Å². The van der Waals surface area contributed by atoms with Crippen molar-refractivity contribution in [2.45, 2.75) is 0 Å². The third kappa shape index (κ3) is 2.34. The van der Waals surface area contributed by atoms with E-state index in [1.807, 2.05) is 0 Å². The van der Waals surface area contributed by atoms with Crippen molar-refractivity contribution in [3.05, 3.63) is 33.9 Å². The summed E-state index contributed by atoms with van der Waals surface area (Å²) < 4.78 is 0. The van der Waals surface area contributed by atoms with Gasteiger partial charge in [-0.05, 0) is 12.1 Å². The van der Waals surface area contributed by atoms with Crippen LogP contribution >= 0.6 is 0 Å². The van der Waals surface area contributed by atoms with Gasteiger partial charge in [0.15, 0.2) is 11.5 Å². The predicted molar refractivity (Wildman–Crippen MR) is 45.0 cm³/mol. The molecule has 1 aromatic rings. The second-order valence-electron chi connectivity index (χ2n) is 2.29. The molecule has 1 N–H and O–H groups in total. The van der Waals surface area contributed by atoms with Crippen molar-refractivity contribution >= 4 is 12.0 Å². The number of hydrogen-bond donors (Lipinski definition) is 1. The molecule has 0 heterocycles. The number of rotatable bonds is 3. The second kappa shape index (κ2) is 4.08. The molecule has 0 radical (unpaired) electrons. The minimum absolute atomic E-state index is 0.0880. The van der Waals surface area contributed by atoms with Gasteiger partial charge in [0, 0.05) is 6.07 Å². The number of phenolic OH excluding ortho intramolecular Hbond substituents is 1. The summed E-state index contributed by atoms with van der Waals surface area (Å²) >= 11 is 0. The van der Waals surface area contributed by atoms with E-state index in [2.05, 4.69) is 10.3 Å². The molecule has 0 bridgehead atoms. The third-order valence-electron chi connectivity index (χ3n) is 1.37. The van der Waals surface area contributed by atoms with Crippen LogP contribution in [0.15, 0.2) is 28.5 Å². The summed E-state index contributed by atoms with van der Waals surface area (Å²) in [5.41, 5.74) is 0.190. The number of hydrogen-bond acceptors (Lipinski definition) is 5. The Morgan fingerprint density at radius 1 is 1.50 bits per heavy atom. The zero-order valence-corrected chi connectivity index (χ0v) is 6.82. The van der Waals surface area contributed by atoms with Crippen LogP contribution in [0, 0.1) is 10.1 Å². The van der Waals surface area contributed by atoms with Gasteiger partial charge in [-0.2, -0.15) is 0 Å². The lowest BCUT2D eigenvalue weighted by Gasteiger charge is -1.93. The van der Waals surface area contributed by atoms with E-state index in [4.69, 9.17) is 5.11 Å². The minimum Gasteiger partial charge on any atom is -0.507 e. The standard InChI is InChI=1S/C7H5N3O4/c11-4-5-1-2-6(3-7(5)12)8-9-10(13)14/h1-4,12H. The van der Waals surface area contributed by atoms with Gasteiger partial charge >= 0.3 is 0 Å². The van der Waals surface area contributed by atoms with E-state index in [0.29, 0.717) is 6.29 Å². The number of aromatic hydroxyl groups is 1. The van der Waals surface area contributed by atoms with Crippen LogP contribution in [0.3, 0.4) is 0 Å². The van der Waals surface area contributed by atoms with E-state index in [1.165, 1.54) is 12.1 Å². The Hall–Kier alpha value is -2.31. The summed E-state index contributed by atoms with van der Waals surface area (Å²) in [6, 6.07) is 3.73. The summed E-state index contributed by atoms with van der Waals surface area (Å²) in [5.74, 6) is -0.292. The summed E-state index contributed by atoms with van der Waals surface area (Å²) in [6.45, 7) is 0. The average Bonchev–Trinajstić information content (AvgIpc) is 2.15. The fourth-order valence-electron chi connectivity index (χ4n) is 0.782. The van der Waals surface area contributed by atoms with Crippen molar-refractivity contribution in [1.82, 2.24) is 0 Å². The van der Waals surface area contributed by atoms with Crippen molar-refractivity contribution in [3.8, 4) is 5.75 Å². The molecule has 1 aromatic carbocycles. The maximum absolute atomic E-state index is 10.3. The molecule has 72 valence electrons. The highest BCUT2D eigenvalue weighted by Gasteiger charge is 2.04. The van der Waals surface area contributed by atoms with Gasteiger partial charge in [-0.3, -0.25) is 4.79 Å². The lowest BCUT2D eigenvalue weighted by Crippen LogP contribution is -1.82. The quantitative estimate of drug-likeness (QED) is 0.341. The highest BCUT2D eigenvalue weighted by atomic mass is 16.7. The van der Waals surface area contributed by atoms with Crippen LogP contribution in [0.1, 0.15) is 10.4 Å². The zero-order chi connectivity index (χ0) is 10.6. The minimum atomic E-state index is -0.968. The van der Waals surface area contributed by atoms with Gasteiger partial charge in [0.1, 0.15) is 5.75 Å². The highest BCUT2D eigenvalue weighted by Crippen LogP contribution is 2.22. The normalized spacial score (nSPS) is 10.3. The molecule has 7 nitrogen and oxygen atoms in total. The maximum atomic E-state index is 10.3. The molecule has 0 aliphatic carbocycles. The Bertz CT molecular complexity index is 402. The topological polar surface area (TPSA) is 105 Å². The largest absolute Gasteiger partial charge is 0.507 e. The molecule has 0 amide bonds. The van der Waals surface area contributed by atoms with Crippen molar-refractivity contribution < 1.29 is 14.9 Å². The Kier molecular flexibility index (Phi) is 2.85. The van der Waals surface area contributed by atoms with Gasteiger partial charge < -0.3 is 15.2 Å². The lowest BCUT2D eigenvalue weighted by molar-refractivity contribution is -0.493. The molecule has 0 unspecified atom stereocenters. The zero-order valence-electron chi connectivity index (χ0n) is 6.82. The van der Waals surface area contributed by atoms with Gasteiger partial charge in [0.05, 0.1) is 15.7 Å². The fourth-order valence-corrected chi connectivity index (χ4v) is 0.782. The second-order valence-corrected chi connectivity index (χ2v) is 2.29. The molecule has 0 aromatic heterocycles. The van der Waals surface area contributed by atoms with Crippen LogP contribution in [0.4, 0.5) is 5.69 Å². The number of phenols is 1. The number of nitrogens with zero attached hydrogens (tertiary/aromatic N) is 3. The number of nitro groups is 1. The fraction of sp³-hybridized carbons (Fsp3) is 0. The van der Waals surface area contributed by atoms with E-state index in [1.54, 1.807) is 0 Å². The third-order valence-corrected chi connectivity index (χ3v) is 1.37. The molecule has 0 atom stereocenters. The van der Waals surface area contributed by atoms with Gasteiger partial charge in [0.25, 0.3) is 0 Å². The van der Waals surface area contributed by atoms with Crippen molar-refractivity contribution in [1.29, 1.82) is 0 Å². The molecule has 0 saturated heterocycles. The highest BCUT2D eigenvalue weighted by molar-refractivity contribution is 5.80. The summed E-state index contributed by atoms with van der Waals surface area (Å²) in [4.78, 5) is 20.1. The van der Waals surface area contributed by atoms with Crippen molar-refractivity contribution in [3.63, 3.8) is 0 Å². The molecular formula is C7H5N3O4. The molecule has 0 aliphatic rings. The molecule has 7 heteroatoms. The molecule has 0 saturated carbocycles. The number of aldehydes is 1. The molecule has 0 aliphatic heterocycles. The summed E-state index contributed by atoms with van der Waals surface area (Å²) in [6.07, 6.45) is 0.462. The number of carbonyl (C=O) groups excluding carboxylic acids is 1. The van der Waals surface area contributed by atoms with Crippen LogP contribution in [0.25, 0.3) is 0 Å². The van der Waals surface area contributed by atoms with Crippen molar-refractivity contribution in [2.75, 3.05) is 0 Å². The smallest absolute Gasteiger partial charge is 0.207 e. The van der Waals surface area contributed by atoms with Crippen LogP contribution < -0.4 is 0 Å². The van der Waals surface area contributed by atoms with Gasteiger partial charge in [0.2, 0.25) is 5.69 Å². The number of carbonyl (C=O) groups is 1. The monoisotopic (exact) mass is 195 g/mol. The lowest BCUT2D eigenvalue weighted by atomic mass is 10.2. The van der Waals surface area contributed by atoms with Crippen LogP contribution in [0.2, 0.25) is 0 Å². The summed E-state index contributed by atoms with van der Waals surface area (Å²) in [5, 5.41) is 23.8. The molecule has 1 rings (SSSR count). The van der Waals surface area contributed by atoms with Gasteiger partial charge in [-0.25, -0.2) is 0 Å². The van der Waals surface area contributed by atoms with Gasteiger partial charge in [-0.15, -0.1) is 0 Å². The molecule has 0 fully saturated rings. The first-order chi connectivity index (χ1) is 6.63. The summed E-state index contributed by atoms with van der Waals surface area (Å²) in [7, 11) is 0. The first kappa shape index (κ1) is 9.78. The SMILES string of the molecule is O=Cc1ccc(N=N[N+](=O)[O-])cc1O.